The molecule has 5 nitrogen and oxygen atoms in total. The lowest BCUT2D eigenvalue weighted by Crippen LogP contribution is -2.63. The van der Waals surface area contributed by atoms with Gasteiger partial charge in [-0.05, 0) is 79.5 Å². The molecule has 29 heavy (non-hydrogen) atoms. The Bertz CT molecular complexity index is 863. The highest BCUT2D eigenvalue weighted by Crippen LogP contribution is 2.61. The minimum Gasteiger partial charge on any atom is -0.481 e. The topological polar surface area (TPSA) is 83.5 Å². The van der Waals surface area contributed by atoms with Gasteiger partial charge in [0.1, 0.15) is 0 Å². The minimum atomic E-state index is -3.61. The van der Waals surface area contributed by atoms with Crippen molar-refractivity contribution in [1.29, 1.82) is 0 Å². The number of carbonyl (C=O) groups is 1. The second kappa shape index (κ2) is 8.78. The summed E-state index contributed by atoms with van der Waals surface area (Å²) < 4.78 is 29.0. The molecule has 3 aliphatic rings. The SMILES string of the molecule is CC1(C)C2CC(C/C=C/CCCC(=O)O)C(NS(=O)(=O)c3ccc(Cl)cc3)C1C2. The van der Waals surface area contributed by atoms with E-state index in [4.69, 9.17) is 16.7 Å². The molecule has 160 valence electrons. The Hall–Kier alpha value is -1.37. The van der Waals surface area contributed by atoms with Gasteiger partial charge in [-0.2, -0.15) is 0 Å². The van der Waals surface area contributed by atoms with Gasteiger partial charge in [0.2, 0.25) is 10.0 Å². The zero-order valence-corrected chi connectivity index (χ0v) is 18.5. The summed E-state index contributed by atoms with van der Waals surface area (Å²) in [5.41, 5.74) is 0.148. The average molecular weight is 440 g/mol. The van der Waals surface area contributed by atoms with Gasteiger partial charge in [-0.1, -0.05) is 37.6 Å². The van der Waals surface area contributed by atoms with Crippen molar-refractivity contribution in [2.45, 2.75) is 63.3 Å². The highest BCUT2D eigenvalue weighted by Gasteiger charge is 2.58. The quantitative estimate of drug-likeness (QED) is 0.424. The van der Waals surface area contributed by atoms with Crippen molar-refractivity contribution in [2.24, 2.45) is 23.2 Å². The molecule has 0 aromatic heterocycles. The molecule has 7 heteroatoms. The molecule has 0 amide bonds. The minimum absolute atomic E-state index is 0.0978. The van der Waals surface area contributed by atoms with E-state index in [1.807, 2.05) is 6.08 Å². The molecule has 2 N–H and O–H groups in total. The highest BCUT2D eigenvalue weighted by atomic mass is 35.5. The standard InChI is InChI=1S/C22H30ClNO4S/c1-22(2)16-13-15(7-5-3-4-6-8-20(25)26)21(19(22)14-16)24-29(27,28)18-11-9-17(23)10-12-18/h3,5,9-12,15-16,19,21,24H,4,6-8,13-14H2,1-2H3,(H,25,26)/b5-3+. The lowest BCUT2D eigenvalue weighted by molar-refractivity contribution is -0.137. The molecule has 4 atom stereocenters. The number of nitrogens with one attached hydrogen (secondary N) is 1. The van der Waals surface area contributed by atoms with E-state index in [1.165, 1.54) is 0 Å². The smallest absolute Gasteiger partial charge is 0.303 e. The first kappa shape index (κ1) is 22.3. The molecule has 0 saturated heterocycles. The van der Waals surface area contributed by atoms with E-state index in [2.05, 4.69) is 24.6 Å². The van der Waals surface area contributed by atoms with Gasteiger partial charge in [0, 0.05) is 17.5 Å². The van der Waals surface area contributed by atoms with E-state index in [1.54, 1.807) is 24.3 Å². The summed E-state index contributed by atoms with van der Waals surface area (Å²) in [6.45, 7) is 4.49. The zero-order chi connectivity index (χ0) is 21.2. The summed E-state index contributed by atoms with van der Waals surface area (Å²) >= 11 is 5.90. The van der Waals surface area contributed by atoms with Gasteiger partial charge in [-0.25, -0.2) is 13.1 Å². The number of sulfonamides is 1. The van der Waals surface area contributed by atoms with Crippen LogP contribution in [0.15, 0.2) is 41.3 Å². The Morgan fingerprint density at radius 1 is 1.24 bits per heavy atom. The lowest BCUT2D eigenvalue weighted by atomic mass is 9.45. The predicted octanol–water partition coefficient (Wildman–Crippen LogP) is 4.87. The van der Waals surface area contributed by atoms with Crippen LogP contribution in [0.3, 0.4) is 0 Å². The monoisotopic (exact) mass is 439 g/mol. The number of fused-ring (bicyclic) bond motifs is 2. The van der Waals surface area contributed by atoms with Gasteiger partial charge >= 0.3 is 5.97 Å². The van der Waals surface area contributed by atoms with Crippen molar-refractivity contribution < 1.29 is 18.3 Å². The fourth-order valence-corrected chi connectivity index (χ4v) is 6.42. The predicted molar refractivity (Wildman–Crippen MR) is 114 cm³/mol. The molecule has 0 radical (unpaired) electrons. The lowest BCUT2D eigenvalue weighted by Gasteiger charge is -2.62. The van der Waals surface area contributed by atoms with Crippen LogP contribution in [-0.4, -0.2) is 25.5 Å². The van der Waals surface area contributed by atoms with Crippen LogP contribution in [0.25, 0.3) is 0 Å². The van der Waals surface area contributed by atoms with E-state index in [9.17, 15) is 13.2 Å². The Balaban J connectivity index is 1.69. The molecule has 0 spiro atoms. The molecule has 1 aromatic rings. The maximum absolute atomic E-state index is 13.0. The number of hydrogen-bond acceptors (Lipinski definition) is 3. The van der Waals surface area contributed by atoms with Crippen LogP contribution in [0.5, 0.6) is 0 Å². The number of benzene rings is 1. The Kier molecular flexibility index (Phi) is 6.76. The van der Waals surface area contributed by atoms with Gasteiger partial charge in [0.05, 0.1) is 4.90 Å². The van der Waals surface area contributed by atoms with Gasteiger partial charge in [-0.15, -0.1) is 0 Å². The third-order valence-electron chi connectivity index (χ3n) is 6.86. The summed E-state index contributed by atoms with van der Waals surface area (Å²) in [5, 5.41) is 9.22. The molecule has 4 unspecified atom stereocenters. The maximum Gasteiger partial charge on any atom is 0.303 e. The zero-order valence-electron chi connectivity index (χ0n) is 17.0. The highest BCUT2D eigenvalue weighted by molar-refractivity contribution is 7.89. The number of hydrogen-bond donors (Lipinski definition) is 2. The van der Waals surface area contributed by atoms with Crippen LogP contribution < -0.4 is 4.72 Å². The summed E-state index contributed by atoms with van der Waals surface area (Å²) in [7, 11) is -3.61. The summed E-state index contributed by atoms with van der Waals surface area (Å²) in [5.74, 6) is 0.442. The van der Waals surface area contributed by atoms with Crippen molar-refractivity contribution in [2.75, 3.05) is 0 Å². The molecule has 0 aliphatic heterocycles. The third kappa shape index (κ3) is 5.04. The number of halogens is 1. The van der Waals surface area contributed by atoms with Gasteiger partial charge in [-0.3, -0.25) is 4.79 Å². The molecule has 3 aliphatic carbocycles. The average Bonchev–Trinajstić information content (AvgIpc) is 2.65. The fraction of sp³-hybridized carbons (Fsp3) is 0.591. The molecule has 0 heterocycles. The van der Waals surface area contributed by atoms with E-state index in [0.717, 1.165) is 25.7 Å². The fourth-order valence-electron chi connectivity index (χ4n) is 4.95. The summed E-state index contributed by atoms with van der Waals surface area (Å²) in [4.78, 5) is 10.8. The van der Waals surface area contributed by atoms with Crippen molar-refractivity contribution in [3.63, 3.8) is 0 Å². The number of carboxylic acid groups (broad SMARTS) is 1. The summed E-state index contributed by atoms with van der Waals surface area (Å²) in [6, 6.07) is 6.17. The number of carboxylic acids is 1. The van der Waals surface area contributed by atoms with E-state index in [-0.39, 0.29) is 28.7 Å². The molecule has 3 fully saturated rings. The van der Waals surface area contributed by atoms with Crippen LogP contribution in [0.4, 0.5) is 0 Å². The van der Waals surface area contributed by atoms with E-state index in [0.29, 0.717) is 23.3 Å². The molecular formula is C22H30ClNO4S. The molecule has 1 aromatic carbocycles. The number of rotatable bonds is 9. The van der Waals surface area contributed by atoms with Crippen LogP contribution in [0.2, 0.25) is 5.02 Å². The first-order valence-corrected chi connectivity index (χ1v) is 12.1. The van der Waals surface area contributed by atoms with Crippen molar-refractivity contribution in [1.82, 2.24) is 4.72 Å². The maximum atomic E-state index is 13.0. The second-order valence-electron chi connectivity index (χ2n) is 8.95. The Labute approximate surface area is 178 Å². The summed E-state index contributed by atoms with van der Waals surface area (Å²) in [6.07, 6.45) is 8.54. The first-order chi connectivity index (χ1) is 13.6. The number of aliphatic carboxylic acids is 1. The van der Waals surface area contributed by atoms with Crippen molar-refractivity contribution in [3.05, 3.63) is 41.4 Å². The number of allylic oxidation sites excluding steroid dienone is 2. The van der Waals surface area contributed by atoms with Crippen LogP contribution >= 0.6 is 11.6 Å². The van der Waals surface area contributed by atoms with Gasteiger partial charge in [0.15, 0.2) is 0 Å². The van der Waals surface area contributed by atoms with Crippen molar-refractivity contribution in [3.8, 4) is 0 Å². The van der Waals surface area contributed by atoms with Crippen LogP contribution in [-0.2, 0) is 14.8 Å². The van der Waals surface area contributed by atoms with Crippen LogP contribution in [0, 0.1) is 23.2 Å². The van der Waals surface area contributed by atoms with Crippen molar-refractivity contribution >= 4 is 27.6 Å². The van der Waals surface area contributed by atoms with Gasteiger partial charge in [0.25, 0.3) is 0 Å². The van der Waals surface area contributed by atoms with Gasteiger partial charge < -0.3 is 5.11 Å². The largest absolute Gasteiger partial charge is 0.481 e. The van der Waals surface area contributed by atoms with Crippen LogP contribution in [0.1, 0.15) is 52.4 Å². The van der Waals surface area contributed by atoms with E-state index < -0.39 is 16.0 Å². The molecule has 3 saturated carbocycles. The Morgan fingerprint density at radius 2 is 1.93 bits per heavy atom. The second-order valence-corrected chi connectivity index (χ2v) is 11.1. The third-order valence-corrected chi connectivity index (χ3v) is 8.58. The molecular weight excluding hydrogens is 410 g/mol. The molecule has 2 bridgehead atoms. The van der Waals surface area contributed by atoms with E-state index >= 15 is 0 Å². The first-order valence-electron chi connectivity index (χ1n) is 10.3. The molecule has 4 rings (SSSR count). The normalized spacial score (nSPS) is 28.2. The Morgan fingerprint density at radius 3 is 2.55 bits per heavy atom. The number of unbranched alkanes of at least 4 members (excludes halogenated alkanes) is 1.